The summed E-state index contributed by atoms with van der Waals surface area (Å²) in [4.78, 5) is 40.8. The number of rotatable bonds is 6. The van der Waals surface area contributed by atoms with E-state index in [9.17, 15) is 14.4 Å². The van der Waals surface area contributed by atoms with Crippen LogP contribution in [-0.4, -0.2) is 65.8 Å². The van der Waals surface area contributed by atoms with Crippen molar-refractivity contribution in [2.45, 2.75) is 43.8 Å². The van der Waals surface area contributed by atoms with Crippen LogP contribution < -0.4 is 11.1 Å². The first kappa shape index (κ1) is 24.4. The Morgan fingerprint density at radius 3 is 2.37 bits per heavy atom. The maximum Gasteiger partial charge on any atom is 0.411 e. The van der Waals surface area contributed by atoms with Gasteiger partial charge in [0.05, 0.1) is 6.04 Å². The molecule has 0 bridgehead atoms. The Morgan fingerprint density at radius 2 is 1.74 bits per heavy atom. The minimum Gasteiger partial charge on any atom is -0.391 e. The average Bonchev–Trinajstić information content (AvgIpc) is 2.82. The number of likely N-dealkylation sites (N-methyl/N-ethyl adjacent to an activating group) is 1. The number of primary amides is 1. The summed E-state index contributed by atoms with van der Waals surface area (Å²) in [6, 6.07) is 16.3. The first-order valence-electron chi connectivity index (χ1n) is 11.8. The smallest absolute Gasteiger partial charge is 0.391 e. The minimum absolute atomic E-state index is 0.0249. The normalized spacial score (nSPS) is 22.1. The molecule has 2 fully saturated rings. The second-order valence-electron chi connectivity index (χ2n) is 9.13. The molecule has 9 nitrogen and oxygen atoms in total. The number of ether oxygens (including phenoxy) is 1. The number of nitrogens with zero attached hydrogens (tertiary/aromatic N) is 2. The lowest BCUT2D eigenvalue weighted by Gasteiger charge is -2.45. The molecule has 3 amide bonds. The van der Waals surface area contributed by atoms with Crippen LogP contribution in [0.3, 0.4) is 0 Å². The van der Waals surface area contributed by atoms with Gasteiger partial charge in [-0.2, -0.15) is 0 Å². The molecule has 0 saturated carbocycles. The summed E-state index contributed by atoms with van der Waals surface area (Å²) >= 11 is 0. The van der Waals surface area contributed by atoms with Crippen LogP contribution in [0.1, 0.15) is 41.9 Å². The predicted octanol–water partition coefficient (Wildman–Crippen LogP) is 2.20. The van der Waals surface area contributed by atoms with E-state index in [-0.39, 0.29) is 23.8 Å². The van der Waals surface area contributed by atoms with Crippen LogP contribution in [0, 0.1) is 5.41 Å². The van der Waals surface area contributed by atoms with Crippen molar-refractivity contribution in [3.05, 3.63) is 71.3 Å². The Morgan fingerprint density at radius 1 is 1.03 bits per heavy atom. The van der Waals surface area contributed by atoms with E-state index in [0.29, 0.717) is 31.0 Å². The number of hydrogen-bond acceptors (Lipinski definition) is 6. The molecule has 2 aromatic rings. The Bertz CT molecular complexity index is 1090. The highest BCUT2D eigenvalue weighted by atomic mass is 16.6. The molecular formula is C26H31N5O4. The maximum absolute atomic E-state index is 13.4. The van der Waals surface area contributed by atoms with Gasteiger partial charge in [-0.05, 0) is 62.0 Å². The van der Waals surface area contributed by atoms with E-state index in [1.165, 1.54) is 5.56 Å². The molecule has 1 unspecified atom stereocenters. The van der Waals surface area contributed by atoms with Gasteiger partial charge in [0.1, 0.15) is 6.04 Å². The second kappa shape index (κ2) is 10.7. The molecule has 0 aromatic heterocycles. The lowest BCUT2D eigenvalue weighted by molar-refractivity contribution is -0.152. The van der Waals surface area contributed by atoms with Gasteiger partial charge in [0.15, 0.2) is 0 Å². The van der Waals surface area contributed by atoms with Crippen molar-refractivity contribution >= 4 is 23.8 Å². The maximum atomic E-state index is 13.4. The van der Waals surface area contributed by atoms with Gasteiger partial charge >= 0.3 is 6.09 Å². The quantitative estimate of drug-likeness (QED) is 0.434. The Labute approximate surface area is 204 Å². The van der Waals surface area contributed by atoms with Gasteiger partial charge in [0.25, 0.3) is 0 Å². The zero-order valence-electron chi connectivity index (χ0n) is 19.8. The van der Waals surface area contributed by atoms with Crippen LogP contribution in [-0.2, 0) is 20.9 Å². The summed E-state index contributed by atoms with van der Waals surface area (Å²) in [5.41, 5.74) is 7.42. The van der Waals surface area contributed by atoms with Crippen molar-refractivity contribution in [2.24, 2.45) is 5.73 Å². The van der Waals surface area contributed by atoms with Gasteiger partial charge in [0.2, 0.25) is 17.7 Å². The zero-order valence-corrected chi connectivity index (χ0v) is 19.8. The number of benzene rings is 2. The van der Waals surface area contributed by atoms with Crippen molar-refractivity contribution in [1.29, 1.82) is 5.41 Å². The number of nitrogens with one attached hydrogen (secondary N) is 2. The average molecular weight is 478 g/mol. The van der Waals surface area contributed by atoms with Gasteiger partial charge in [-0.15, -0.1) is 0 Å². The third kappa shape index (κ3) is 5.68. The molecule has 2 aliphatic rings. The largest absolute Gasteiger partial charge is 0.411 e. The van der Waals surface area contributed by atoms with Gasteiger partial charge in [0, 0.05) is 18.7 Å². The summed E-state index contributed by atoms with van der Waals surface area (Å²) in [6.07, 6.45) is 1.38. The number of amides is 3. The zero-order chi connectivity index (χ0) is 24.9. The van der Waals surface area contributed by atoms with E-state index in [1.807, 2.05) is 25.2 Å². The molecule has 4 N–H and O–H groups in total. The highest BCUT2D eigenvalue weighted by Crippen LogP contribution is 2.33. The van der Waals surface area contributed by atoms with Crippen LogP contribution in [0.4, 0.5) is 4.79 Å². The molecule has 2 saturated heterocycles. The van der Waals surface area contributed by atoms with Crippen molar-refractivity contribution in [3.8, 4) is 0 Å². The molecule has 2 aliphatic heterocycles. The van der Waals surface area contributed by atoms with E-state index in [0.717, 1.165) is 24.9 Å². The van der Waals surface area contributed by atoms with Crippen LogP contribution in [0.25, 0.3) is 0 Å². The SMILES string of the molecule is CN1CC[C@H](c2ccccc2)C[C@@H]1C(=O)N1CCC1C(=O)NCc1ccc(C(=N)OC(N)=O)cc1. The van der Waals surface area contributed by atoms with E-state index in [2.05, 4.69) is 27.1 Å². The summed E-state index contributed by atoms with van der Waals surface area (Å²) < 4.78 is 4.56. The number of hydrogen-bond donors (Lipinski definition) is 3. The van der Waals surface area contributed by atoms with E-state index in [4.69, 9.17) is 11.1 Å². The van der Waals surface area contributed by atoms with Crippen LogP contribution in [0.5, 0.6) is 0 Å². The first-order chi connectivity index (χ1) is 16.8. The van der Waals surface area contributed by atoms with Crippen LogP contribution in [0.2, 0.25) is 0 Å². The molecule has 0 spiro atoms. The molecule has 4 rings (SSSR count). The molecule has 0 aliphatic carbocycles. The number of carbonyl (C=O) groups is 3. The van der Waals surface area contributed by atoms with Gasteiger partial charge in [-0.25, -0.2) is 4.79 Å². The van der Waals surface area contributed by atoms with Crippen molar-refractivity contribution in [3.63, 3.8) is 0 Å². The molecule has 2 aromatic carbocycles. The number of likely N-dealkylation sites (tertiary alicyclic amines) is 2. The molecule has 35 heavy (non-hydrogen) atoms. The van der Waals surface area contributed by atoms with Crippen molar-refractivity contribution in [1.82, 2.24) is 15.1 Å². The molecule has 0 radical (unpaired) electrons. The lowest BCUT2D eigenvalue weighted by Crippen LogP contribution is -2.62. The van der Waals surface area contributed by atoms with E-state index < -0.39 is 12.1 Å². The van der Waals surface area contributed by atoms with E-state index in [1.54, 1.807) is 29.2 Å². The third-order valence-corrected chi connectivity index (χ3v) is 6.92. The Balaban J connectivity index is 1.31. The van der Waals surface area contributed by atoms with E-state index >= 15 is 0 Å². The topological polar surface area (TPSA) is 129 Å². The van der Waals surface area contributed by atoms with Crippen molar-refractivity contribution < 1.29 is 19.1 Å². The monoisotopic (exact) mass is 477 g/mol. The predicted molar refractivity (Wildman–Crippen MR) is 131 cm³/mol. The van der Waals surface area contributed by atoms with Crippen LogP contribution in [0.15, 0.2) is 54.6 Å². The van der Waals surface area contributed by atoms with Crippen LogP contribution >= 0.6 is 0 Å². The molecule has 184 valence electrons. The first-order valence-corrected chi connectivity index (χ1v) is 11.8. The lowest BCUT2D eigenvalue weighted by atomic mass is 9.84. The summed E-state index contributed by atoms with van der Waals surface area (Å²) in [5.74, 6) is -0.139. The van der Waals surface area contributed by atoms with Gasteiger partial charge in [-0.3, -0.25) is 19.9 Å². The number of piperidine rings is 1. The van der Waals surface area contributed by atoms with Gasteiger partial charge < -0.3 is 20.7 Å². The minimum atomic E-state index is -1.04. The summed E-state index contributed by atoms with van der Waals surface area (Å²) in [5, 5.41) is 10.6. The summed E-state index contributed by atoms with van der Waals surface area (Å²) in [7, 11) is 1.98. The standard InChI is InChI=1S/C26H31N5O4/c1-30-13-11-20(18-5-3-2-4-6-18)15-22(30)25(33)31-14-12-21(31)24(32)29-16-17-7-9-19(10-8-17)23(27)35-26(28)34/h2-10,20-22,27H,11-16H2,1H3,(H2,28,34)(H,29,32)/t20-,21?,22+/m0/s1. The Kier molecular flexibility index (Phi) is 7.45. The fourth-order valence-corrected chi connectivity index (χ4v) is 4.76. The number of carbonyl (C=O) groups excluding carboxylic acids is 3. The second-order valence-corrected chi connectivity index (χ2v) is 9.13. The van der Waals surface area contributed by atoms with Crippen molar-refractivity contribution in [2.75, 3.05) is 20.1 Å². The molecule has 3 atom stereocenters. The van der Waals surface area contributed by atoms with Gasteiger partial charge in [-0.1, -0.05) is 42.5 Å². The number of nitrogens with two attached hydrogens (primary N) is 1. The third-order valence-electron chi connectivity index (χ3n) is 6.92. The molecular weight excluding hydrogens is 446 g/mol. The fourth-order valence-electron chi connectivity index (χ4n) is 4.76. The molecule has 2 heterocycles. The summed E-state index contributed by atoms with van der Waals surface area (Å²) in [6.45, 7) is 1.73. The highest BCUT2D eigenvalue weighted by Gasteiger charge is 2.42. The Hall–Kier alpha value is -3.72. The fraction of sp³-hybridized carbons (Fsp3) is 0.385. The highest BCUT2D eigenvalue weighted by molar-refractivity contribution is 5.97. The molecule has 9 heteroatoms.